The van der Waals surface area contributed by atoms with Crippen LogP contribution in [0.5, 0.6) is 0 Å². The summed E-state index contributed by atoms with van der Waals surface area (Å²) in [5, 5.41) is 3.03. The van der Waals surface area contributed by atoms with Crippen LogP contribution in [0.15, 0.2) is 72.2 Å². The number of nitrogens with zero attached hydrogens (tertiary/aromatic N) is 4. The first-order chi connectivity index (χ1) is 17.4. The number of carbonyl (C=O) groups is 2. The van der Waals surface area contributed by atoms with Crippen molar-refractivity contribution in [2.45, 2.75) is 25.3 Å². The predicted octanol–water partition coefficient (Wildman–Crippen LogP) is 4.46. The quantitative estimate of drug-likeness (QED) is 0.409. The summed E-state index contributed by atoms with van der Waals surface area (Å²) in [6.07, 6.45) is 5.57. The molecule has 1 N–H and O–H groups in total. The van der Waals surface area contributed by atoms with Crippen LogP contribution in [-0.4, -0.2) is 43.9 Å². The molecule has 4 aromatic rings. The summed E-state index contributed by atoms with van der Waals surface area (Å²) in [7, 11) is 1.70. The molecule has 4 heterocycles. The second-order valence-electron chi connectivity index (χ2n) is 8.89. The molecule has 1 fully saturated rings. The van der Waals surface area contributed by atoms with Gasteiger partial charge in [-0.3, -0.25) is 19.7 Å². The van der Waals surface area contributed by atoms with Crippen molar-refractivity contribution in [1.82, 2.24) is 19.0 Å². The normalized spacial score (nSPS) is 16.0. The molecule has 0 radical (unpaired) electrons. The van der Waals surface area contributed by atoms with Crippen LogP contribution in [-0.2, 0) is 11.8 Å². The van der Waals surface area contributed by atoms with Crippen LogP contribution in [0.1, 0.15) is 35.0 Å². The van der Waals surface area contributed by atoms with E-state index < -0.39 is 0 Å². The highest BCUT2D eigenvalue weighted by molar-refractivity contribution is 7.17. The molecule has 1 aliphatic rings. The van der Waals surface area contributed by atoms with Gasteiger partial charge in [-0.2, -0.15) is 0 Å². The number of benzene rings is 1. The lowest BCUT2D eigenvalue weighted by Gasteiger charge is -2.21. The Morgan fingerprint density at radius 3 is 2.78 bits per heavy atom. The zero-order chi connectivity index (χ0) is 25.2. The minimum atomic E-state index is -0.247. The average Bonchev–Trinajstić information content (AvgIpc) is 3.44. The van der Waals surface area contributed by atoms with Gasteiger partial charge in [0.15, 0.2) is 0 Å². The van der Waals surface area contributed by atoms with Crippen LogP contribution >= 0.6 is 11.3 Å². The van der Waals surface area contributed by atoms with Gasteiger partial charge in [0.25, 0.3) is 11.5 Å². The fourth-order valence-corrected chi connectivity index (χ4v) is 5.57. The Morgan fingerprint density at radius 2 is 1.97 bits per heavy atom. The maximum atomic E-state index is 13.3. The number of hydrogen-bond acceptors (Lipinski definition) is 5. The third kappa shape index (κ3) is 4.61. The Labute approximate surface area is 212 Å². The number of nitrogens with one attached hydrogen (secondary N) is 1. The second-order valence-corrected chi connectivity index (χ2v) is 9.97. The summed E-state index contributed by atoms with van der Waals surface area (Å²) in [5.74, 6) is 0.200. The van der Waals surface area contributed by atoms with Crippen LogP contribution in [0.4, 0.5) is 5.95 Å². The molecule has 0 saturated carbocycles. The monoisotopic (exact) mass is 501 g/mol. The summed E-state index contributed by atoms with van der Waals surface area (Å²) >= 11 is 1.33. The average molecular weight is 502 g/mol. The Kier molecular flexibility index (Phi) is 6.56. The van der Waals surface area contributed by atoms with E-state index in [0.717, 1.165) is 40.7 Å². The highest BCUT2D eigenvalue weighted by Crippen LogP contribution is 2.32. The van der Waals surface area contributed by atoms with E-state index in [1.165, 1.54) is 22.0 Å². The summed E-state index contributed by atoms with van der Waals surface area (Å²) in [6, 6.07) is 15.0. The maximum absolute atomic E-state index is 13.3. The van der Waals surface area contributed by atoms with Crippen LogP contribution < -0.4 is 10.9 Å². The van der Waals surface area contributed by atoms with Crippen LogP contribution in [0.3, 0.4) is 0 Å². The van der Waals surface area contributed by atoms with Gasteiger partial charge in [-0.25, -0.2) is 4.98 Å². The van der Waals surface area contributed by atoms with E-state index in [9.17, 15) is 14.4 Å². The van der Waals surface area contributed by atoms with Crippen molar-refractivity contribution in [2.24, 2.45) is 7.05 Å². The Bertz CT molecular complexity index is 1520. The zero-order valence-corrected chi connectivity index (χ0v) is 20.8. The van der Waals surface area contributed by atoms with Crippen molar-refractivity contribution in [1.29, 1.82) is 0 Å². The number of thiophene rings is 1. The third-order valence-electron chi connectivity index (χ3n) is 6.59. The molecule has 8 nitrogen and oxygen atoms in total. The fraction of sp³-hybridized carbons (Fsp3) is 0.259. The molecule has 184 valence electrons. The third-order valence-corrected chi connectivity index (χ3v) is 7.72. The van der Waals surface area contributed by atoms with Crippen LogP contribution in [0.2, 0.25) is 0 Å². The lowest BCUT2D eigenvalue weighted by Crippen LogP contribution is -2.30. The second kappa shape index (κ2) is 9.94. The van der Waals surface area contributed by atoms with Gasteiger partial charge in [0.05, 0.1) is 15.9 Å². The Morgan fingerprint density at radius 1 is 1.14 bits per heavy atom. The smallest absolute Gasteiger partial charge is 0.268 e. The maximum Gasteiger partial charge on any atom is 0.268 e. The number of hydrogen-bond donors (Lipinski definition) is 1. The number of aryl methyl sites for hydroxylation is 1. The first-order valence-electron chi connectivity index (χ1n) is 11.9. The Balaban J connectivity index is 1.42. The molecule has 1 aliphatic heterocycles. The molecular formula is C27H27N5O3S. The minimum absolute atomic E-state index is 0.0514. The molecule has 0 aliphatic carbocycles. The molecule has 1 atom stereocenters. The highest BCUT2D eigenvalue weighted by atomic mass is 32.1. The fourth-order valence-electron chi connectivity index (χ4n) is 4.67. The summed E-state index contributed by atoms with van der Waals surface area (Å²) in [6.45, 7) is 4.93. The number of aromatic nitrogens is 3. The van der Waals surface area contributed by atoms with Crippen molar-refractivity contribution >= 4 is 40.1 Å². The van der Waals surface area contributed by atoms with Gasteiger partial charge in [0, 0.05) is 43.3 Å². The largest absolute Gasteiger partial charge is 0.339 e. The number of amides is 2. The predicted molar refractivity (Wildman–Crippen MR) is 142 cm³/mol. The number of rotatable bonds is 5. The number of anilines is 1. The lowest BCUT2D eigenvalue weighted by atomic mass is 10.1. The van der Waals surface area contributed by atoms with E-state index in [1.54, 1.807) is 25.4 Å². The van der Waals surface area contributed by atoms with Gasteiger partial charge in [-0.05, 0) is 61.2 Å². The van der Waals surface area contributed by atoms with Gasteiger partial charge in [-0.15, -0.1) is 11.3 Å². The van der Waals surface area contributed by atoms with Crippen molar-refractivity contribution in [3.8, 4) is 10.4 Å². The molecule has 0 unspecified atom stereocenters. The number of carbonyl (C=O) groups excluding carboxylic acids is 2. The molecule has 1 saturated heterocycles. The molecule has 2 amide bonds. The van der Waals surface area contributed by atoms with Crippen molar-refractivity contribution in [2.75, 3.05) is 18.4 Å². The zero-order valence-electron chi connectivity index (χ0n) is 20.0. The molecular weight excluding hydrogens is 474 g/mol. The number of para-hydroxylation sites is 2. The number of likely N-dealkylation sites (tertiary alicyclic amines) is 1. The van der Waals surface area contributed by atoms with Gasteiger partial charge in [0.1, 0.15) is 0 Å². The molecule has 0 bridgehead atoms. The van der Waals surface area contributed by atoms with E-state index in [-0.39, 0.29) is 23.4 Å². The topological polar surface area (TPSA) is 89.2 Å². The van der Waals surface area contributed by atoms with E-state index in [2.05, 4.69) is 16.5 Å². The standard InChI is InChI=1S/C27H27N5O3S/c1-3-24(33)31-14-6-7-19(13-16-31)32-21-9-5-4-8-20(21)28-27(32)29-26(35)23-11-10-22(36-23)18-12-15-30(2)25(34)17-18/h3-5,8-12,15,17,19H,1,6-7,13-14,16H2,2H3,(H,28,29,35)/t19-/m1/s1. The molecule has 1 aromatic carbocycles. The first-order valence-corrected chi connectivity index (χ1v) is 12.7. The first kappa shape index (κ1) is 23.7. The number of pyridine rings is 1. The van der Waals surface area contributed by atoms with E-state index in [1.807, 2.05) is 41.3 Å². The number of fused-ring (bicyclic) bond motifs is 1. The Hall–Kier alpha value is -3.98. The van der Waals surface area contributed by atoms with Crippen LogP contribution in [0.25, 0.3) is 21.5 Å². The van der Waals surface area contributed by atoms with Crippen LogP contribution in [0, 0.1) is 0 Å². The molecule has 3 aromatic heterocycles. The molecule has 5 rings (SSSR count). The molecule has 9 heteroatoms. The number of imidazole rings is 1. The summed E-state index contributed by atoms with van der Waals surface area (Å²) < 4.78 is 3.61. The van der Waals surface area contributed by atoms with Gasteiger partial charge in [0.2, 0.25) is 11.9 Å². The summed E-state index contributed by atoms with van der Waals surface area (Å²) in [5.41, 5.74) is 2.44. The molecule has 0 spiro atoms. The SMILES string of the molecule is C=CC(=O)N1CCC[C@@H](n2c(NC(=O)c3ccc(-c4ccn(C)c(=O)c4)s3)nc3ccccc32)CC1. The van der Waals surface area contributed by atoms with Gasteiger partial charge >= 0.3 is 0 Å². The lowest BCUT2D eigenvalue weighted by molar-refractivity contribution is -0.125. The minimum Gasteiger partial charge on any atom is -0.339 e. The van der Waals surface area contributed by atoms with Gasteiger partial charge < -0.3 is 14.0 Å². The van der Waals surface area contributed by atoms with Crippen molar-refractivity contribution in [3.63, 3.8) is 0 Å². The van der Waals surface area contributed by atoms with Crippen molar-refractivity contribution < 1.29 is 9.59 Å². The highest BCUT2D eigenvalue weighted by Gasteiger charge is 2.25. The van der Waals surface area contributed by atoms with E-state index >= 15 is 0 Å². The summed E-state index contributed by atoms with van der Waals surface area (Å²) in [4.78, 5) is 45.4. The molecule has 36 heavy (non-hydrogen) atoms. The van der Waals surface area contributed by atoms with E-state index in [0.29, 0.717) is 23.9 Å². The van der Waals surface area contributed by atoms with Gasteiger partial charge in [-0.1, -0.05) is 18.7 Å². The van der Waals surface area contributed by atoms with Crippen molar-refractivity contribution in [3.05, 3.63) is 82.6 Å². The van der Waals surface area contributed by atoms with E-state index in [4.69, 9.17) is 4.98 Å².